The van der Waals surface area contributed by atoms with Crippen molar-refractivity contribution in [2.75, 3.05) is 32.1 Å². The summed E-state index contributed by atoms with van der Waals surface area (Å²) in [4.78, 5) is 21.2. The van der Waals surface area contributed by atoms with Gasteiger partial charge in [0.1, 0.15) is 11.3 Å². The van der Waals surface area contributed by atoms with Crippen LogP contribution in [-0.2, 0) is 4.79 Å². The van der Waals surface area contributed by atoms with Crippen LogP contribution in [0.1, 0.15) is 11.3 Å². The second kappa shape index (κ2) is 8.53. The monoisotopic (exact) mass is 390 g/mol. The van der Waals surface area contributed by atoms with Gasteiger partial charge in [0.15, 0.2) is 5.13 Å². The zero-order valence-electron chi connectivity index (χ0n) is 14.7. The van der Waals surface area contributed by atoms with E-state index in [1.807, 2.05) is 29.7 Å². The van der Waals surface area contributed by atoms with E-state index in [4.69, 9.17) is 0 Å². The molecule has 0 fully saturated rings. The average molecular weight is 391 g/mol. The summed E-state index contributed by atoms with van der Waals surface area (Å²) in [6.07, 6.45) is 4.22. The fourth-order valence-corrected chi connectivity index (χ4v) is 4.17. The number of anilines is 1. The molecule has 0 unspecified atom stereocenters. The molecule has 0 aliphatic rings. The van der Waals surface area contributed by atoms with Crippen molar-refractivity contribution in [1.29, 1.82) is 0 Å². The standard InChI is InChI=1S/C19H20FN3OS2/c1-22(2)11-5-12-23(17(24)10-9-14-6-4-13-25-14)19-21-18-15(20)7-3-8-16(18)26-19/h3-4,6-10,13H,5,11-12H2,1-2H3/p+1/b10-9+. The number of nitrogens with one attached hydrogen (secondary N) is 1. The van der Waals surface area contributed by atoms with E-state index >= 15 is 0 Å². The van der Waals surface area contributed by atoms with E-state index in [9.17, 15) is 9.18 Å². The highest BCUT2D eigenvalue weighted by molar-refractivity contribution is 7.22. The Balaban J connectivity index is 1.85. The summed E-state index contributed by atoms with van der Waals surface area (Å²) < 4.78 is 14.7. The Hall–Kier alpha value is -2.09. The zero-order chi connectivity index (χ0) is 18.5. The van der Waals surface area contributed by atoms with Crippen LogP contribution in [0.4, 0.5) is 9.52 Å². The molecule has 3 rings (SSSR count). The number of amides is 1. The quantitative estimate of drug-likeness (QED) is 0.630. The Kier molecular flexibility index (Phi) is 6.13. The molecule has 0 saturated heterocycles. The number of halogens is 1. The molecule has 0 radical (unpaired) electrons. The lowest BCUT2D eigenvalue weighted by molar-refractivity contribution is -0.858. The molecule has 0 saturated carbocycles. The van der Waals surface area contributed by atoms with E-state index in [0.29, 0.717) is 17.2 Å². The van der Waals surface area contributed by atoms with Crippen LogP contribution in [-0.4, -0.2) is 38.1 Å². The molecule has 1 N–H and O–H groups in total. The molecular weight excluding hydrogens is 369 g/mol. The van der Waals surface area contributed by atoms with Crippen molar-refractivity contribution < 1.29 is 14.1 Å². The number of hydrogen-bond acceptors (Lipinski definition) is 4. The number of fused-ring (bicyclic) bond motifs is 1. The van der Waals surface area contributed by atoms with Crippen molar-refractivity contribution >= 4 is 50.0 Å². The molecule has 4 nitrogen and oxygen atoms in total. The number of benzene rings is 1. The predicted molar refractivity (Wildman–Crippen MR) is 108 cm³/mol. The first-order chi connectivity index (χ1) is 12.5. The molecule has 0 bridgehead atoms. The van der Waals surface area contributed by atoms with Gasteiger partial charge in [0.2, 0.25) is 0 Å². The van der Waals surface area contributed by atoms with E-state index in [2.05, 4.69) is 19.1 Å². The summed E-state index contributed by atoms with van der Waals surface area (Å²) in [5.74, 6) is -0.490. The van der Waals surface area contributed by atoms with E-state index in [-0.39, 0.29) is 11.7 Å². The number of thiophene rings is 1. The Morgan fingerprint density at radius 3 is 2.85 bits per heavy atom. The Labute approximate surface area is 160 Å². The normalized spacial score (nSPS) is 11.7. The first kappa shape index (κ1) is 18.7. The summed E-state index contributed by atoms with van der Waals surface area (Å²) in [7, 11) is 4.16. The fraction of sp³-hybridized carbons (Fsp3) is 0.263. The summed E-state index contributed by atoms with van der Waals surface area (Å²) >= 11 is 2.92. The lowest BCUT2D eigenvalue weighted by Gasteiger charge is -2.18. The lowest BCUT2D eigenvalue weighted by atomic mass is 10.3. The van der Waals surface area contributed by atoms with E-state index in [0.717, 1.165) is 22.5 Å². The van der Waals surface area contributed by atoms with Crippen LogP contribution in [0.5, 0.6) is 0 Å². The Morgan fingerprint density at radius 2 is 2.15 bits per heavy atom. The number of hydrogen-bond donors (Lipinski definition) is 1. The third kappa shape index (κ3) is 4.55. The number of para-hydroxylation sites is 1. The summed E-state index contributed by atoms with van der Waals surface area (Å²) in [5.41, 5.74) is 0.325. The van der Waals surface area contributed by atoms with Crippen LogP contribution in [0.15, 0.2) is 41.8 Å². The summed E-state index contributed by atoms with van der Waals surface area (Å²) in [5, 5.41) is 2.51. The van der Waals surface area contributed by atoms with E-state index < -0.39 is 0 Å². The van der Waals surface area contributed by atoms with Crippen molar-refractivity contribution in [3.05, 3.63) is 52.5 Å². The van der Waals surface area contributed by atoms with Gasteiger partial charge in [0.05, 0.1) is 25.3 Å². The molecule has 2 heterocycles. The molecule has 3 aromatic rings. The lowest BCUT2D eigenvalue weighted by Crippen LogP contribution is -3.05. The van der Waals surface area contributed by atoms with Crippen molar-refractivity contribution in [2.24, 2.45) is 0 Å². The maximum Gasteiger partial charge on any atom is 0.252 e. The van der Waals surface area contributed by atoms with Gasteiger partial charge in [-0.1, -0.05) is 23.5 Å². The van der Waals surface area contributed by atoms with Gasteiger partial charge in [-0.05, 0) is 29.7 Å². The van der Waals surface area contributed by atoms with Crippen LogP contribution < -0.4 is 9.80 Å². The average Bonchev–Trinajstić information content (AvgIpc) is 3.26. The largest absolute Gasteiger partial charge is 0.340 e. The highest BCUT2D eigenvalue weighted by atomic mass is 32.1. The van der Waals surface area contributed by atoms with Gasteiger partial charge in [0, 0.05) is 23.9 Å². The van der Waals surface area contributed by atoms with E-state index in [1.54, 1.807) is 28.4 Å². The minimum absolute atomic E-state index is 0.133. The van der Waals surface area contributed by atoms with Crippen LogP contribution in [0, 0.1) is 5.82 Å². The summed E-state index contributed by atoms with van der Waals surface area (Å²) in [6, 6.07) is 8.79. The number of carbonyl (C=O) groups excluding carboxylic acids is 1. The van der Waals surface area contributed by atoms with E-state index in [1.165, 1.54) is 22.3 Å². The van der Waals surface area contributed by atoms with Gasteiger partial charge in [-0.15, -0.1) is 11.3 Å². The fourth-order valence-electron chi connectivity index (χ4n) is 2.54. The van der Waals surface area contributed by atoms with Crippen LogP contribution >= 0.6 is 22.7 Å². The number of aromatic nitrogens is 1. The van der Waals surface area contributed by atoms with Crippen molar-refractivity contribution in [1.82, 2.24) is 4.98 Å². The number of thiazole rings is 1. The number of rotatable bonds is 7. The maximum absolute atomic E-state index is 14.0. The topological polar surface area (TPSA) is 37.6 Å². The van der Waals surface area contributed by atoms with Crippen LogP contribution in [0.2, 0.25) is 0 Å². The van der Waals surface area contributed by atoms with Crippen molar-refractivity contribution in [3.8, 4) is 0 Å². The van der Waals surface area contributed by atoms with Crippen LogP contribution in [0.3, 0.4) is 0 Å². The van der Waals surface area contributed by atoms with Gasteiger partial charge >= 0.3 is 0 Å². The zero-order valence-corrected chi connectivity index (χ0v) is 16.4. The molecule has 0 atom stereocenters. The molecule has 2 aromatic heterocycles. The minimum Gasteiger partial charge on any atom is -0.340 e. The summed E-state index contributed by atoms with van der Waals surface area (Å²) in [6.45, 7) is 1.50. The maximum atomic E-state index is 14.0. The second-order valence-electron chi connectivity index (χ2n) is 6.23. The number of carbonyl (C=O) groups is 1. The molecule has 0 spiro atoms. The molecule has 1 amide bonds. The van der Waals surface area contributed by atoms with Crippen molar-refractivity contribution in [2.45, 2.75) is 6.42 Å². The van der Waals surface area contributed by atoms with Gasteiger partial charge in [0.25, 0.3) is 5.91 Å². The smallest absolute Gasteiger partial charge is 0.252 e. The third-order valence-electron chi connectivity index (χ3n) is 3.85. The van der Waals surface area contributed by atoms with Crippen molar-refractivity contribution in [3.63, 3.8) is 0 Å². The minimum atomic E-state index is -0.357. The molecule has 136 valence electrons. The van der Waals surface area contributed by atoms with Gasteiger partial charge in [-0.2, -0.15) is 0 Å². The molecule has 26 heavy (non-hydrogen) atoms. The van der Waals surface area contributed by atoms with Gasteiger partial charge in [-0.3, -0.25) is 9.69 Å². The Bertz CT molecular complexity index is 903. The number of quaternary nitrogens is 1. The SMILES string of the molecule is C[NH+](C)CCCN(C(=O)/C=C/c1cccs1)c1nc2c(F)cccc2s1. The molecule has 7 heteroatoms. The second-order valence-corrected chi connectivity index (χ2v) is 8.22. The van der Waals surface area contributed by atoms with Gasteiger partial charge < -0.3 is 4.90 Å². The predicted octanol–water partition coefficient (Wildman–Crippen LogP) is 3.08. The molecular formula is C19H21FN3OS2+. The molecule has 1 aromatic carbocycles. The Morgan fingerprint density at radius 1 is 1.31 bits per heavy atom. The highest BCUT2D eigenvalue weighted by Crippen LogP contribution is 2.30. The van der Waals surface area contributed by atoms with Crippen LogP contribution in [0.25, 0.3) is 16.3 Å². The molecule has 0 aliphatic heterocycles. The number of nitrogens with zero attached hydrogens (tertiary/aromatic N) is 2. The highest BCUT2D eigenvalue weighted by Gasteiger charge is 2.19. The first-order valence-corrected chi connectivity index (χ1v) is 10.1. The third-order valence-corrected chi connectivity index (χ3v) is 5.73. The molecule has 0 aliphatic carbocycles. The first-order valence-electron chi connectivity index (χ1n) is 8.42. The van der Waals surface area contributed by atoms with Gasteiger partial charge in [-0.25, -0.2) is 9.37 Å².